The second-order valence-corrected chi connectivity index (χ2v) is 19.6. The van der Waals surface area contributed by atoms with Gasteiger partial charge in [-0.05, 0) is 64.2 Å². The van der Waals surface area contributed by atoms with E-state index < -0.39 is 74.2 Å². The molecule has 1 fully saturated rings. The van der Waals surface area contributed by atoms with Crippen molar-refractivity contribution in [3.63, 3.8) is 0 Å². The summed E-state index contributed by atoms with van der Waals surface area (Å²) in [5.74, 6) is -0.706. The van der Waals surface area contributed by atoms with E-state index in [0.29, 0.717) is 12.8 Å². The highest BCUT2D eigenvalue weighted by molar-refractivity contribution is 5.80. The predicted octanol–water partition coefficient (Wildman–Crippen LogP) is 11.0. The fourth-order valence-corrected chi connectivity index (χ4v) is 8.91. The molecule has 0 aliphatic carbocycles. The highest BCUT2D eigenvalue weighted by Crippen LogP contribution is 2.23. The van der Waals surface area contributed by atoms with Gasteiger partial charge in [-0.25, -0.2) is 0 Å². The number of rotatable bonds is 47. The number of hydrogen-bond donors (Lipinski definition) is 8. The van der Waals surface area contributed by atoms with E-state index in [1.807, 2.05) is 0 Å². The number of carbonyl (C=O) groups is 1. The third-order valence-electron chi connectivity index (χ3n) is 13.5. The molecule has 0 aromatic heterocycles. The molecule has 11 heteroatoms. The van der Waals surface area contributed by atoms with Gasteiger partial charge in [0, 0.05) is 0 Å². The lowest BCUT2D eigenvalue weighted by atomic mass is 9.98. The first-order valence-corrected chi connectivity index (χ1v) is 27.7. The Bertz CT molecular complexity index is 1120. The molecule has 1 heterocycles. The molecule has 1 saturated heterocycles. The number of carbonyl (C=O) groups excluding carboxylic acids is 1. The maximum atomic E-state index is 13.1. The van der Waals surface area contributed by atoms with Crippen LogP contribution in [0.1, 0.15) is 251 Å². The number of allylic oxidation sites excluding steroid dienone is 4. The fraction of sp³-hybridized carbons (Fsp3) is 0.909. The van der Waals surface area contributed by atoms with E-state index in [0.717, 1.165) is 38.5 Å². The normalized spacial score (nSPS) is 20.9. The molecule has 9 atom stereocenters. The van der Waals surface area contributed by atoms with Crippen LogP contribution in [0.25, 0.3) is 0 Å². The van der Waals surface area contributed by atoms with Gasteiger partial charge in [0.05, 0.1) is 25.4 Å². The van der Waals surface area contributed by atoms with Crippen LogP contribution in [0.5, 0.6) is 0 Å². The molecule has 8 N–H and O–H groups in total. The molecule has 1 amide bonds. The summed E-state index contributed by atoms with van der Waals surface area (Å²) >= 11 is 0. The Morgan fingerprint density at radius 1 is 0.515 bits per heavy atom. The van der Waals surface area contributed by atoms with Crippen molar-refractivity contribution in [2.24, 2.45) is 0 Å². The summed E-state index contributed by atoms with van der Waals surface area (Å²) in [6, 6.07) is -1.18. The van der Waals surface area contributed by atoms with Crippen LogP contribution in [0.2, 0.25) is 0 Å². The van der Waals surface area contributed by atoms with Crippen LogP contribution in [-0.2, 0) is 14.3 Å². The summed E-state index contributed by atoms with van der Waals surface area (Å²) in [4.78, 5) is 13.1. The Balaban J connectivity index is 2.19. The van der Waals surface area contributed by atoms with Crippen LogP contribution in [0.3, 0.4) is 0 Å². The maximum Gasteiger partial charge on any atom is 0.249 e. The lowest BCUT2D eigenvalue weighted by Gasteiger charge is -2.40. The summed E-state index contributed by atoms with van der Waals surface area (Å²) in [7, 11) is 0. The number of ether oxygens (including phenoxy) is 2. The van der Waals surface area contributed by atoms with E-state index in [4.69, 9.17) is 9.47 Å². The number of unbranched alkanes of at least 4 members (excludes halogenated alkanes) is 31. The van der Waals surface area contributed by atoms with Crippen LogP contribution < -0.4 is 5.32 Å². The Kier molecular flexibility index (Phi) is 42.5. The van der Waals surface area contributed by atoms with Crippen molar-refractivity contribution >= 4 is 5.91 Å². The molecule has 0 saturated carbocycles. The minimum atomic E-state index is -1.66. The van der Waals surface area contributed by atoms with Gasteiger partial charge in [-0.3, -0.25) is 4.79 Å². The Labute approximate surface area is 404 Å². The van der Waals surface area contributed by atoms with Gasteiger partial charge in [-0.2, -0.15) is 0 Å². The third-order valence-corrected chi connectivity index (χ3v) is 13.5. The molecule has 9 unspecified atom stereocenters. The smallest absolute Gasteiger partial charge is 0.249 e. The van der Waals surface area contributed by atoms with Crippen LogP contribution >= 0.6 is 0 Å². The number of aliphatic hydroxyl groups excluding tert-OH is 7. The van der Waals surface area contributed by atoms with Crippen molar-refractivity contribution in [1.82, 2.24) is 5.32 Å². The molecule has 390 valence electrons. The molecule has 1 aliphatic heterocycles. The Morgan fingerprint density at radius 2 is 0.894 bits per heavy atom. The Morgan fingerprint density at radius 3 is 1.32 bits per heavy atom. The first-order chi connectivity index (χ1) is 32.2. The molecule has 0 radical (unpaired) electrons. The van der Waals surface area contributed by atoms with E-state index >= 15 is 0 Å². The van der Waals surface area contributed by atoms with Crippen molar-refractivity contribution in [1.29, 1.82) is 0 Å². The quantitative estimate of drug-likeness (QED) is 0.0215. The molecule has 0 aromatic carbocycles. The van der Waals surface area contributed by atoms with Gasteiger partial charge in [-0.15, -0.1) is 0 Å². The van der Waals surface area contributed by atoms with E-state index in [1.54, 1.807) is 0 Å². The van der Waals surface area contributed by atoms with Gasteiger partial charge in [0.25, 0.3) is 0 Å². The summed E-state index contributed by atoms with van der Waals surface area (Å²) in [5.41, 5.74) is 0. The largest absolute Gasteiger partial charge is 0.394 e. The first-order valence-electron chi connectivity index (χ1n) is 27.7. The molecule has 11 nitrogen and oxygen atoms in total. The van der Waals surface area contributed by atoms with E-state index in [9.17, 15) is 40.5 Å². The highest BCUT2D eigenvalue weighted by atomic mass is 16.7. The summed E-state index contributed by atoms with van der Waals surface area (Å²) < 4.78 is 11.1. The van der Waals surface area contributed by atoms with E-state index in [1.165, 1.54) is 173 Å². The van der Waals surface area contributed by atoms with E-state index in [2.05, 4.69) is 43.5 Å². The maximum absolute atomic E-state index is 13.1. The van der Waals surface area contributed by atoms with Gasteiger partial charge in [0.2, 0.25) is 5.91 Å². The van der Waals surface area contributed by atoms with Gasteiger partial charge >= 0.3 is 0 Å². The zero-order valence-electron chi connectivity index (χ0n) is 42.4. The average molecular weight is 940 g/mol. The van der Waals surface area contributed by atoms with Crippen molar-refractivity contribution in [2.45, 2.75) is 306 Å². The summed E-state index contributed by atoms with van der Waals surface area (Å²) in [6.07, 6.45) is 41.4. The van der Waals surface area contributed by atoms with Crippen LogP contribution in [0, 0.1) is 0 Å². The Hall–Kier alpha value is -1.41. The molecular formula is C55H105NO10. The van der Waals surface area contributed by atoms with Crippen LogP contribution in [0.4, 0.5) is 0 Å². The molecule has 0 aromatic rings. The molecule has 1 rings (SSSR count). The van der Waals surface area contributed by atoms with Crippen molar-refractivity contribution in [2.75, 3.05) is 13.2 Å². The predicted molar refractivity (Wildman–Crippen MR) is 270 cm³/mol. The molecular weight excluding hydrogens is 835 g/mol. The fourth-order valence-electron chi connectivity index (χ4n) is 8.91. The van der Waals surface area contributed by atoms with Crippen LogP contribution in [0.15, 0.2) is 24.3 Å². The number of hydrogen-bond acceptors (Lipinski definition) is 10. The number of nitrogens with one attached hydrogen (secondary N) is 1. The highest BCUT2D eigenvalue weighted by Gasteiger charge is 2.44. The second-order valence-electron chi connectivity index (χ2n) is 19.6. The van der Waals surface area contributed by atoms with Gasteiger partial charge < -0.3 is 50.5 Å². The average Bonchev–Trinajstić information content (AvgIpc) is 3.32. The minimum absolute atomic E-state index is 0.256. The minimum Gasteiger partial charge on any atom is -0.394 e. The van der Waals surface area contributed by atoms with Gasteiger partial charge in [0.1, 0.15) is 36.6 Å². The number of aliphatic hydroxyl groups is 7. The molecule has 0 bridgehead atoms. The number of amides is 1. The van der Waals surface area contributed by atoms with Crippen LogP contribution in [-0.4, -0.2) is 110 Å². The summed E-state index contributed by atoms with van der Waals surface area (Å²) in [6.45, 7) is 3.40. The molecule has 0 spiro atoms. The lowest BCUT2D eigenvalue weighted by Crippen LogP contribution is -2.60. The zero-order valence-corrected chi connectivity index (χ0v) is 42.4. The lowest BCUT2D eigenvalue weighted by molar-refractivity contribution is -0.303. The van der Waals surface area contributed by atoms with Crippen molar-refractivity contribution in [3.8, 4) is 0 Å². The topological polar surface area (TPSA) is 189 Å². The van der Waals surface area contributed by atoms with Crippen molar-refractivity contribution < 1.29 is 50.0 Å². The molecule has 66 heavy (non-hydrogen) atoms. The van der Waals surface area contributed by atoms with Gasteiger partial charge in [-0.1, -0.05) is 212 Å². The summed E-state index contributed by atoms with van der Waals surface area (Å²) in [5, 5.41) is 75.6. The second kappa shape index (κ2) is 44.8. The standard InChI is InChI=1S/C55H105NO10/c1-3-5-7-9-11-13-14-15-16-17-18-19-20-21-22-23-24-25-26-27-28-29-30-31-32-33-35-37-39-41-43-48(59)54(64)56-46(45-65-55-53(63)52(62)51(61)49(44-57)66-55)50(60)47(58)42-40-38-36-34-12-10-8-6-4-2/h21-22,34,36,46-53,55,57-63H,3-20,23-33,35,37-45H2,1-2H3,(H,56,64)/b22-21-,36-34+. The zero-order chi connectivity index (χ0) is 48.3. The first kappa shape index (κ1) is 62.6. The van der Waals surface area contributed by atoms with E-state index in [-0.39, 0.29) is 12.8 Å². The van der Waals surface area contributed by atoms with Gasteiger partial charge in [0.15, 0.2) is 6.29 Å². The third kappa shape index (κ3) is 33.2. The SMILES string of the molecule is CCCCCC/C=C/CCCC(O)C(O)C(COC1OC(CO)C(O)C(O)C1O)NC(=O)C(O)CCCCCCCCCCCCCCCC/C=C\CCCCCCCCCCCCCC. The monoisotopic (exact) mass is 940 g/mol. The van der Waals surface area contributed by atoms with Crippen molar-refractivity contribution in [3.05, 3.63) is 24.3 Å². The molecule has 1 aliphatic rings.